The van der Waals surface area contributed by atoms with Crippen LogP contribution in [0.1, 0.15) is 10.4 Å². The maximum absolute atomic E-state index is 11.8. The normalized spacial score (nSPS) is 10.1. The van der Waals surface area contributed by atoms with E-state index in [1.807, 2.05) is 12.1 Å². The number of rotatable bonds is 5. The zero-order valence-corrected chi connectivity index (χ0v) is 13.2. The van der Waals surface area contributed by atoms with E-state index < -0.39 is 5.97 Å². The monoisotopic (exact) mass is 364 g/mol. The molecule has 0 saturated heterocycles. The molecule has 2 rings (SSSR count). The summed E-state index contributed by atoms with van der Waals surface area (Å²) in [4.78, 5) is 23.3. The molecule has 0 saturated carbocycles. The van der Waals surface area contributed by atoms with Crippen LogP contribution in [0.4, 0.5) is 5.69 Å². The second-order valence-electron chi connectivity index (χ2n) is 4.13. The van der Waals surface area contributed by atoms with Crippen LogP contribution in [-0.4, -0.2) is 17.6 Å². The summed E-state index contributed by atoms with van der Waals surface area (Å²) in [7, 11) is 0. The SMILES string of the molecule is O=C(CSc1ccccc1C(=O)[O-])Nc1ccc(Br)cc1. The Labute approximate surface area is 134 Å². The van der Waals surface area contributed by atoms with Gasteiger partial charge in [0, 0.05) is 20.6 Å². The molecular weight excluding hydrogens is 354 g/mol. The van der Waals surface area contributed by atoms with E-state index in [1.165, 1.54) is 6.07 Å². The first-order valence-electron chi connectivity index (χ1n) is 6.05. The lowest BCUT2D eigenvalue weighted by Gasteiger charge is -2.10. The second kappa shape index (κ2) is 7.28. The molecule has 0 aliphatic carbocycles. The molecule has 1 N–H and O–H groups in total. The number of carboxylic acids is 1. The Morgan fingerprint density at radius 1 is 1.10 bits per heavy atom. The van der Waals surface area contributed by atoms with E-state index in [4.69, 9.17) is 0 Å². The standard InChI is InChI=1S/C15H12BrNO3S/c16-10-5-7-11(8-6-10)17-14(18)9-21-13-4-2-1-3-12(13)15(19)20/h1-8H,9H2,(H,17,18)(H,19,20)/p-1. The summed E-state index contributed by atoms with van der Waals surface area (Å²) in [6, 6.07) is 13.7. The van der Waals surface area contributed by atoms with Crippen molar-refractivity contribution in [2.75, 3.05) is 11.1 Å². The summed E-state index contributed by atoms with van der Waals surface area (Å²) >= 11 is 4.48. The van der Waals surface area contributed by atoms with Crippen molar-refractivity contribution in [2.24, 2.45) is 0 Å². The number of nitrogens with one attached hydrogen (secondary N) is 1. The first-order chi connectivity index (χ1) is 10.1. The van der Waals surface area contributed by atoms with Gasteiger partial charge in [-0.05, 0) is 30.3 Å². The summed E-state index contributed by atoms with van der Waals surface area (Å²) in [6.45, 7) is 0. The zero-order chi connectivity index (χ0) is 15.2. The van der Waals surface area contributed by atoms with Gasteiger partial charge in [0.05, 0.1) is 11.7 Å². The number of thioether (sulfide) groups is 1. The summed E-state index contributed by atoms with van der Waals surface area (Å²) in [5, 5.41) is 13.7. The Hall–Kier alpha value is -1.79. The average Bonchev–Trinajstić information content (AvgIpc) is 2.48. The minimum absolute atomic E-state index is 0.0962. The van der Waals surface area contributed by atoms with Crippen LogP contribution < -0.4 is 10.4 Å². The van der Waals surface area contributed by atoms with Gasteiger partial charge in [-0.2, -0.15) is 0 Å². The number of aromatic carboxylic acids is 1. The first-order valence-corrected chi connectivity index (χ1v) is 7.83. The predicted octanol–water partition coefficient (Wildman–Crippen LogP) is 2.54. The van der Waals surface area contributed by atoms with Gasteiger partial charge in [0.1, 0.15) is 0 Å². The Balaban J connectivity index is 1.95. The van der Waals surface area contributed by atoms with Crippen molar-refractivity contribution in [3.8, 4) is 0 Å². The fraction of sp³-hybridized carbons (Fsp3) is 0.0667. The molecular formula is C15H11BrNO3S-. The van der Waals surface area contributed by atoms with Gasteiger partial charge in [0.15, 0.2) is 0 Å². The molecule has 6 heteroatoms. The molecule has 0 fully saturated rings. The Morgan fingerprint density at radius 3 is 2.43 bits per heavy atom. The Bertz CT molecular complexity index is 658. The fourth-order valence-corrected chi connectivity index (χ4v) is 2.74. The van der Waals surface area contributed by atoms with Gasteiger partial charge in [-0.3, -0.25) is 4.79 Å². The van der Waals surface area contributed by atoms with Gasteiger partial charge in [-0.25, -0.2) is 0 Å². The van der Waals surface area contributed by atoms with Gasteiger partial charge in [0.2, 0.25) is 5.91 Å². The van der Waals surface area contributed by atoms with Gasteiger partial charge in [-0.1, -0.05) is 34.1 Å². The molecule has 2 aromatic carbocycles. The topological polar surface area (TPSA) is 69.2 Å². The van der Waals surface area contributed by atoms with Crippen molar-refractivity contribution in [3.63, 3.8) is 0 Å². The number of anilines is 1. The lowest BCUT2D eigenvalue weighted by Crippen LogP contribution is -2.23. The maximum Gasteiger partial charge on any atom is 0.234 e. The van der Waals surface area contributed by atoms with E-state index in [2.05, 4.69) is 21.2 Å². The van der Waals surface area contributed by atoms with E-state index >= 15 is 0 Å². The van der Waals surface area contributed by atoms with Crippen LogP contribution in [0.15, 0.2) is 57.9 Å². The molecule has 1 amide bonds. The summed E-state index contributed by atoms with van der Waals surface area (Å²) in [5.74, 6) is -1.32. The highest BCUT2D eigenvalue weighted by Gasteiger charge is 2.07. The second-order valence-corrected chi connectivity index (χ2v) is 6.06. The van der Waals surface area contributed by atoms with Crippen LogP contribution >= 0.6 is 27.7 Å². The van der Waals surface area contributed by atoms with Crippen LogP contribution in [0.2, 0.25) is 0 Å². The molecule has 0 aromatic heterocycles. The Kier molecular flexibility index (Phi) is 5.41. The number of halogens is 1. The number of hydrogen-bond donors (Lipinski definition) is 1. The summed E-state index contributed by atoms with van der Waals surface area (Å²) in [6.07, 6.45) is 0. The van der Waals surface area contributed by atoms with E-state index in [0.29, 0.717) is 10.6 Å². The van der Waals surface area contributed by atoms with Crippen LogP contribution in [-0.2, 0) is 4.79 Å². The fourth-order valence-electron chi connectivity index (χ4n) is 1.63. The van der Waals surface area contributed by atoms with Crippen molar-refractivity contribution < 1.29 is 14.7 Å². The highest BCUT2D eigenvalue weighted by Crippen LogP contribution is 2.22. The molecule has 0 atom stereocenters. The van der Waals surface area contributed by atoms with Gasteiger partial charge < -0.3 is 15.2 Å². The summed E-state index contributed by atoms with van der Waals surface area (Å²) in [5.41, 5.74) is 0.788. The molecule has 0 heterocycles. The smallest absolute Gasteiger partial charge is 0.234 e. The van der Waals surface area contributed by atoms with Crippen LogP contribution in [0.25, 0.3) is 0 Å². The van der Waals surface area contributed by atoms with Crippen LogP contribution in [0.5, 0.6) is 0 Å². The van der Waals surface area contributed by atoms with Gasteiger partial charge in [-0.15, -0.1) is 11.8 Å². The molecule has 0 unspecified atom stereocenters. The van der Waals surface area contributed by atoms with Gasteiger partial charge >= 0.3 is 0 Å². The number of carbonyl (C=O) groups excluding carboxylic acids is 2. The zero-order valence-electron chi connectivity index (χ0n) is 10.8. The molecule has 0 aliphatic rings. The van der Waals surface area contributed by atoms with Crippen molar-refractivity contribution in [1.82, 2.24) is 0 Å². The molecule has 21 heavy (non-hydrogen) atoms. The number of amides is 1. The largest absolute Gasteiger partial charge is 0.545 e. The number of benzene rings is 2. The van der Waals surface area contributed by atoms with Crippen molar-refractivity contribution in [1.29, 1.82) is 0 Å². The van der Waals surface area contributed by atoms with E-state index in [0.717, 1.165) is 16.2 Å². The number of hydrogen-bond acceptors (Lipinski definition) is 4. The van der Waals surface area contributed by atoms with Crippen molar-refractivity contribution in [2.45, 2.75) is 4.90 Å². The maximum atomic E-state index is 11.8. The number of carboxylic acid groups (broad SMARTS) is 1. The molecule has 0 radical (unpaired) electrons. The predicted molar refractivity (Wildman–Crippen MR) is 84.3 cm³/mol. The quantitative estimate of drug-likeness (QED) is 0.827. The third kappa shape index (κ3) is 4.61. The molecule has 4 nitrogen and oxygen atoms in total. The molecule has 0 aliphatic heterocycles. The van der Waals surface area contributed by atoms with E-state index in [9.17, 15) is 14.7 Å². The minimum Gasteiger partial charge on any atom is -0.545 e. The average molecular weight is 365 g/mol. The summed E-state index contributed by atoms with van der Waals surface area (Å²) < 4.78 is 0.928. The molecule has 0 spiro atoms. The van der Waals surface area contributed by atoms with E-state index in [1.54, 1.807) is 30.3 Å². The molecule has 2 aromatic rings. The van der Waals surface area contributed by atoms with Gasteiger partial charge in [0.25, 0.3) is 0 Å². The first kappa shape index (κ1) is 15.6. The third-order valence-electron chi connectivity index (χ3n) is 2.59. The van der Waals surface area contributed by atoms with Crippen molar-refractivity contribution >= 4 is 45.3 Å². The highest BCUT2D eigenvalue weighted by molar-refractivity contribution is 9.10. The highest BCUT2D eigenvalue weighted by atomic mass is 79.9. The third-order valence-corrected chi connectivity index (χ3v) is 4.20. The molecule has 0 bridgehead atoms. The Morgan fingerprint density at radius 2 is 1.76 bits per heavy atom. The lowest BCUT2D eigenvalue weighted by molar-refractivity contribution is -0.255. The van der Waals surface area contributed by atoms with Crippen molar-refractivity contribution in [3.05, 3.63) is 58.6 Å². The molecule has 108 valence electrons. The minimum atomic E-state index is -1.24. The van der Waals surface area contributed by atoms with E-state index in [-0.39, 0.29) is 17.2 Å². The van der Waals surface area contributed by atoms with Crippen LogP contribution in [0.3, 0.4) is 0 Å². The van der Waals surface area contributed by atoms with Crippen LogP contribution in [0, 0.1) is 0 Å². The number of carbonyl (C=O) groups is 2. The lowest BCUT2D eigenvalue weighted by atomic mass is 10.2.